The molecule has 0 aliphatic carbocycles. The monoisotopic (exact) mass is 298 g/mol. The van der Waals surface area contributed by atoms with E-state index in [1.165, 1.54) is 12.1 Å². The van der Waals surface area contributed by atoms with Gasteiger partial charge in [0.1, 0.15) is 5.82 Å². The molecule has 0 saturated carbocycles. The van der Waals surface area contributed by atoms with Gasteiger partial charge in [-0.1, -0.05) is 36.4 Å². The number of amides is 1. The van der Waals surface area contributed by atoms with Gasteiger partial charge in [0.2, 0.25) is 5.91 Å². The molecule has 1 fully saturated rings. The minimum absolute atomic E-state index is 0.125. The van der Waals surface area contributed by atoms with E-state index in [-0.39, 0.29) is 17.8 Å². The lowest BCUT2D eigenvalue weighted by Gasteiger charge is -2.30. The van der Waals surface area contributed by atoms with Crippen molar-refractivity contribution in [2.45, 2.75) is 12.5 Å². The summed E-state index contributed by atoms with van der Waals surface area (Å²) in [5.41, 5.74) is 3.11. The molecular weight excluding hydrogens is 279 g/mol. The number of piperazine rings is 1. The molecule has 4 heteroatoms. The van der Waals surface area contributed by atoms with Crippen molar-refractivity contribution in [3.05, 3.63) is 59.9 Å². The predicted octanol–water partition coefficient (Wildman–Crippen LogP) is 2.47. The molecule has 2 aromatic rings. The third-order valence-corrected chi connectivity index (χ3v) is 4.11. The van der Waals surface area contributed by atoms with Crippen molar-refractivity contribution in [2.24, 2.45) is 0 Å². The molecule has 1 unspecified atom stereocenters. The molecule has 1 N–H and O–H groups in total. The van der Waals surface area contributed by atoms with E-state index in [9.17, 15) is 9.18 Å². The summed E-state index contributed by atoms with van der Waals surface area (Å²) in [7, 11) is 1.84. The molecule has 3 nitrogen and oxygen atoms in total. The van der Waals surface area contributed by atoms with E-state index in [0.29, 0.717) is 6.42 Å². The van der Waals surface area contributed by atoms with Crippen LogP contribution in [-0.2, 0) is 11.2 Å². The molecule has 114 valence electrons. The maximum atomic E-state index is 13.1. The van der Waals surface area contributed by atoms with Crippen LogP contribution >= 0.6 is 0 Å². The van der Waals surface area contributed by atoms with Gasteiger partial charge in [-0.15, -0.1) is 0 Å². The molecule has 1 amide bonds. The van der Waals surface area contributed by atoms with Gasteiger partial charge in [-0.05, 0) is 35.2 Å². The first-order valence-corrected chi connectivity index (χ1v) is 7.47. The van der Waals surface area contributed by atoms with Crippen LogP contribution in [0, 0.1) is 5.82 Å². The van der Waals surface area contributed by atoms with Crippen LogP contribution in [0.15, 0.2) is 48.5 Å². The molecule has 1 heterocycles. The second kappa shape index (κ2) is 6.28. The summed E-state index contributed by atoms with van der Waals surface area (Å²) in [6, 6.07) is 14.3. The normalized spacial score (nSPS) is 18.5. The molecule has 1 atom stereocenters. The largest absolute Gasteiger partial charge is 0.343 e. The molecule has 0 spiro atoms. The summed E-state index contributed by atoms with van der Waals surface area (Å²) in [5, 5.41) is 3.28. The Morgan fingerprint density at radius 1 is 1.18 bits per heavy atom. The van der Waals surface area contributed by atoms with Crippen LogP contribution in [0.2, 0.25) is 0 Å². The Bertz CT molecular complexity index is 669. The van der Waals surface area contributed by atoms with E-state index in [1.807, 2.05) is 31.3 Å². The zero-order valence-corrected chi connectivity index (χ0v) is 12.6. The lowest BCUT2D eigenvalue weighted by atomic mass is 9.94. The fourth-order valence-electron chi connectivity index (χ4n) is 2.86. The van der Waals surface area contributed by atoms with E-state index >= 15 is 0 Å². The van der Waals surface area contributed by atoms with Crippen LogP contribution in [0.3, 0.4) is 0 Å². The Labute approximate surface area is 129 Å². The van der Waals surface area contributed by atoms with Gasteiger partial charge in [-0.2, -0.15) is 0 Å². The summed E-state index contributed by atoms with van der Waals surface area (Å²) >= 11 is 0. The van der Waals surface area contributed by atoms with Gasteiger partial charge in [0.25, 0.3) is 0 Å². The standard InChI is InChI=1S/C18H19FN2O/c1-21-11-10-20-17(18(21)22)12-14-4-2-3-5-16(14)13-6-8-15(19)9-7-13/h2-9,17,20H,10-12H2,1H3. The molecule has 3 rings (SSSR count). The van der Waals surface area contributed by atoms with Gasteiger partial charge in [-0.3, -0.25) is 4.79 Å². The van der Waals surface area contributed by atoms with Crippen LogP contribution in [0.25, 0.3) is 11.1 Å². The molecule has 1 aliphatic rings. The number of halogens is 1. The molecule has 1 saturated heterocycles. The Morgan fingerprint density at radius 2 is 1.91 bits per heavy atom. The highest BCUT2D eigenvalue weighted by atomic mass is 19.1. The van der Waals surface area contributed by atoms with Gasteiger partial charge in [0.15, 0.2) is 0 Å². The SMILES string of the molecule is CN1CCNC(Cc2ccccc2-c2ccc(F)cc2)C1=O. The van der Waals surface area contributed by atoms with Gasteiger partial charge < -0.3 is 10.2 Å². The number of hydrogen-bond donors (Lipinski definition) is 1. The number of benzene rings is 2. The topological polar surface area (TPSA) is 32.3 Å². The van der Waals surface area contributed by atoms with Crippen molar-refractivity contribution >= 4 is 5.91 Å². The van der Waals surface area contributed by atoms with Crippen LogP contribution in [-0.4, -0.2) is 37.0 Å². The molecular formula is C18H19FN2O. The van der Waals surface area contributed by atoms with Crippen LogP contribution in [0.4, 0.5) is 4.39 Å². The number of likely N-dealkylation sites (N-methyl/N-ethyl adjacent to an activating group) is 1. The molecule has 0 bridgehead atoms. The maximum absolute atomic E-state index is 13.1. The van der Waals surface area contributed by atoms with E-state index in [1.54, 1.807) is 17.0 Å². The minimum atomic E-state index is -0.244. The highest BCUT2D eigenvalue weighted by Gasteiger charge is 2.26. The number of carbonyl (C=O) groups excluding carboxylic acids is 1. The van der Waals surface area contributed by atoms with Crippen molar-refractivity contribution in [1.29, 1.82) is 0 Å². The smallest absolute Gasteiger partial charge is 0.239 e. The van der Waals surface area contributed by atoms with Gasteiger partial charge in [-0.25, -0.2) is 4.39 Å². The summed E-state index contributed by atoms with van der Waals surface area (Å²) in [6.45, 7) is 1.56. The fourth-order valence-corrected chi connectivity index (χ4v) is 2.86. The lowest BCUT2D eigenvalue weighted by Crippen LogP contribution is -2.54. The first-order valence-electron chi connectivity index (χ1n) is 7.47. The summed E-state index contributed by atoms with van der Waals surface area (Å²) in [5.74, 6) is -0.118. The van der Waals surface area contributed by atoms with Crippen molar-refractivity contribution in [3.8, 4) is 11.1 Å². The van der Waals surface area contributed by atoms with E-state index in [2.05, 4.69) is 5.32 Å². The van der Waals surface area contributed by atoms with Gasteiger partial charge in [0, 0.05) is 20.1 Å². The van der Waals surface area contributed by atoms with Crippen molar-refractivity contribution in [1.82, 2.24) is 10.2 Å². The van der Waals surface area contributed by atoms with Crippen molar-refractivity contribution in [2.75, 3.05) is 20.1 Å². The van der Waals surface area contributed by atoms with Gasteiger partial charge in [0.05, 0.1) is 6.04 Å². The lowest BCUT2D eigenvalue weighted by molar-refractivity contribution is -0.134. The molecule has 1 aliphatic heterocycles. The minimum Gasteiger partial charge on any atom is -0.343 e. The predicted molar refractivity (Wildman–Crippen MR) is 85.0 cm³/mol. The number of rotatable bonds is 3. The highest BCUT2D eigenvalue weighted by molar-refractivity contribution is 5.83. The van der Waals surface area contributed by atoms with Crippen LogP contribution < -0.4 is 5.32 Å². The van der Waals surface area contributed by atoms with Gasteiger partial charge >= 0.3 is 0 Å². The van der Waals surface area contributed by atoms with Crippen molar-refractivity contribution < 1.29 is 9.18 Å². The fraction of sp³-hybridized carbons (Fsp3) is 0.278. The quantitative estimate of drug-likeness (QED) is 0.944. The Kier molecular flexibility index (Phi) is 4.20. The summed E-state index contributed by atoms with van der Waals surface area (Å²) in [6.07, 6.45) is 0.636. The van der Waals surface area contributed by atoms with Crippen molar-refractivity contribution in [3.63, 3.8) is 0 Å². The first kappa shape index (κ1) is 14.7. The molecule has 0 aromatic heterocycles. The van der Waals surface area contributed by atoms with Crippen LogP contribution in [0.5, 0.6) is 0 Å². The van der Waals surface area contributed by atoms with E-state index in [4.69, 9.17) is 0 Å². The Morgan fingerprint density at radius 3 is 2.68 bits per heavy atom. The Balaban J connectivity index is 1.88. The summed E-state index contributed by atoms with van der Waals surface area (Å²) < 4.78 is 13.1. The van der Waals surface area contributed by atoms with E-state index < -0.39 is 0 Å². The highest BCUT2D eigenvalue weighted by Crippen LogP contribution is 2.25. The Hall–Kier alpha value is -2.20. The number of hydrogen-bond acceptors (Lipinski definition) is 2. The zero-order valence-electron chi connectivity index (χ0n) is 12.6. The van der Waals surface area contributed by atoms with E-state index in [0.717, 1.165) is 29.8 Å². The average Bonchev–Trinajstić information content (AvgIpc) is 2.53. The summed E-state index contributed by atoms with van der Waals surface area (Å²) in [4.78, 5) is 14.0. The van der Waals surface area contributed by atoms with Crippen LogP contribution in [0.1, 0.15) is 5.56 Å². The number of nitrogens with one attached hydrogen (secondary N) is 1. The number of carbonyl (C=O) groups is 1. The average molecular weight is 298 g/mol. The molecule has 2 aromatic carbocycles. The second-order valence-electron chi connectivity index (χ2n) is 5.63. The zero-order chi connectivity index (χ0) is 15.5. The first-order chi connectivity index (χ1) is 10.6. The molecule has 22 heavy (non-hydrogen) atoms. The molecule has 0 radical (unpaired) electrons. The third kappa shape index (κ3) is 3.02. The number of nitrogens with zero attached hydrogens (tertiary/aromatic N) is 1. The third-order valence-electron chi connectivity index (χ3n) is 4.11. The second-order valence-corrected chi connectivity index (χ2v) is 5.63. The maximum Gasteiger partial charge on any atom is 0.239 e.